The largest absolute Gasteiger partial charge is 0.325 e. The number of fused-ring (bicyclic) bond motifs is 1. The second-order valence-electron chi connectivity index (χ2n) is 5.97. The molecule has 0 saturated carbocycles. The number of para-hydroxylation sites is 1. The van der Waals surface area contributed by atoms with E-state index < -0.39 is 5.54 Å². The fourth-order valence-corrected chi connectivity index (χ4v) is 2.27. The molecule has 0 bridgehead atoms. The summed E-state index contributed by atoms with van der Waals surface area (Å²) in [5, 5.41) is 3.20. The molecule has 3 aromatic rings. The van der Waals surface area contributed by atoms with E-state index >= 15 is 0 Å². The molecule has 6 nitrogen and oxygen atoms in total. The Labute approximate surface area is 127 Å². The number of nitrogens with zero attached hydrogens (tertiary/aromatic N) is 4. The van der Waals surface area contributed by atoms with Gasteiger partial charge in [0.05, 0.1) is 0 Å². The van der Waals surface area contributed by atoms with Crippen LogP contribution in [0.15, 0.2) is 47.5 Å². The van der Waals surface area contributed by atoms with E-state index in [-0.39, 0.29) is 11.1 Å². The highest BCUT2D eigenvalue weighted by Gasteiger charge is 2.22. The number of hydrogen-bond donors (Lipinski definition) is 1. The van der Waals surface area contributed by atoms with Crippen molar-refractivity contribution in [3.63, 3.8) is 0 Å². The number of hydrogen-bond acceptors (Lipinski definition) is 5. The quantitative estimate of drug-likeness (QED) is 0.787. The second-order valence-corrected chi connectivity index (χ2v) is 5.97. The molecule has 0 radical (unpaired) electrons. The van der Waals surface area contributed by atoms with E-state index in [0.717, 1.165) is 5.69 Å². The van der Waals surface area contributed by atoms with Gasteiger partial charge in [0.1, 0.15) is 0 Å². The Kier molecular flexibility index (Phi) is 3.36. The summed E-state index contributed by atoms with van der Waals surface area (Å²) in [5.74, 6) is 0.455. The Morgan fingerprint density at radius 1 is 1.05 bits per heavy atom. The Balaban J connectivity index is 2.25. The molecule has 6 heteroatoms. The lowest BCUT2D eigenvalue weighted by Gasteiger charge is -2.25. The highest BCUT2D eigenvalue weighted by Crippen LogP contribution is 2.21. The van der Waals surface area contributed by atoms with Crippen molar-refractivity contribution in [1.29, 1.82) is 0 Å². The minimum absolute atomic E-state index is 0.205. The minimum atomic E-state index is -0.438. The standard InChI is InChI=1S/C16H17N5O/c1-16(2,3)21-14(22)12-13(18-10-9-17-12)20-15(21)19-11-7-5-4-6-8-11/h4-10H,1-3H3,(H,18,19,20). The van der Waals surface area contributed by atoms with Gasteiger partial charge in [-0.2, -0.15) is 4.98 Å². The Morgan fingerprint density at radius 2 is 1.73 bits per heavy atom. The summed E-state index contributed by atoms with van der Waals surface area (Å²) in [6, 6.07) is 9.60. The van der Waals surface area contributed by atoms with Gasteiger partial charge in [0, 0.05) is 23.6 Å². The molecule has 0 aliphatic heterocycles. The zero-order chi connectivity index (χ0) is 15.7. The van der Waals surface area contributed by atoms with Gasteiger partial charge in [-0.1, -0.05) is 18.2 Å². The molecule has 22 heavy (non-hydrogen) atoms. The van der Waals surface area contributed by atoms with Gasteiger partial charge in [-0.05, 0) is 32.9 Å². The van der Waals surface area contributed by atoms with Crippen LogP contribution in [0.4, 0.5) is 11.6 Å². The van der Waals surface area contributed by atoms with E-state index in [4.69, 9.17) is 0 Å². The molecule has 2 heterocycles. The molecule has 2 aromatic heterocycles. The normalized spacial score (nSPS) is 11.6. The number of anilines is 2. The summed E-state index contributed by atoms with van der Waals surface area (Å²) in [4.78, 5) is 25.5. The number of rotatable bonds is 2. The van der Waals surface area contributed by atoms with Gasteiger partial charge in [0.25, 0.3) is 5.56 Å². The number of aromatic nitrogens is 4. The fourth-order valence-electron chi connectivity index (χ4n) is 2.27. The van der Waals surface area contributed by atoms with Crippen molar-refractivity contribution in [2.45, 2.75) is 26.3 Å². The third-order valence-electron chi connectivity index (χ3n) is 3.21. The fraction of sp³-hybridized carbons (Fsp3) is 0.250. The SMILES string of the molecule is CC(C)(C)n1c(Nc2ccccc2)nc2nccnc2c1=O. The van der Waals surface area contributed by atoms with Crippen molar-refractivity contribution in [3.05, 3.63) is 53.1 Å². The second kappa shape index (κ2) is 5.22. The first-order valence-electron chi connectivity index (χ1n) is 7.03. The molecule has 0 spiro atoms. The highest BCUT2D eigenvalue weighted by atomic mass is 16.1. The third-order valence-corrected chi connectivity index (χ3v) is 3.21. The predicted octanol–water partition coefficient (Wildman–Crippen LogP) is 2.69. The average Bonchev–Trinajstić information content (AvgIpc) is 2.47. The topological polar surface area (TPSA) is 72.7 Å². The van der Waals surface area contributed by atoms with Crippen LogP contribution in [0, 0.1) is 0 Å². The molecule has 112 valence electrons. The first-order chi connectivity index (χ1) is 10.5. The van der Waals surface area contributed by atoms with Gasteiger partial charge in [0.15, 0.2) is 11.2 Å². The maximum Gasteiger partial charge on any atom is 0.283 e. The zero-order valence-corrected chi connectivity index (χ0v) is 12.7. The van der Waals surface area contributed by atoms with E-state index in [9.17, 15) is 4.79 Å². The minimum Gasteiger partial charge on any atom is -0.325 e. The van der Waals surface area contributed by atoms with Crippen LogP contribution in [0.1, 0.15) is 20.8 Å². The number of nitrogens with one attached hydrogen (secondary N) is 1. The molecule has 1 N–H and O–H groups in total. The van der Waals surface area contributed by atoms with Crippen molar-refractivity contribution in [3.8, 4) is 0 Å². The molecule has 1 aromatic carbocycles. The van der Waals surface area contributed by atoms with Crippen molar-refractivity contribution in [1.82, 2.24) is 19.5 Å². The van der Waals surface area contributed by atoms with Crippen molar-refractivity contribution >= 4 is 22.8 Å². The van der Waals surface area contributed by atoms with Gasteiger partial charge < -0.3 is 5.32 Å². The lowest BCUT2D eigenvalue weighted by molar-refractivity contribution is 0.388. The van der Waals surface area contributed by atoms with Gasteiger partial charge in [-0.25, -0.2) is 9.97 Å². The van der Waals surface area contributed by atoms with Crippen molar-refractivity contribution in [2.24, 2.45) is 0 Å². The lowest BCUT2D eigenvalue weighted by Crippen LogP contribution is -2.36. The molecule has 3 rings (SSSR count). The summed E-state index contributed by atoms with van der Waals surface area (Å²) in [6.07, 6.45) is 3.03. The van der Waals surface area contributed by atoms with Crippen LogP contribution in [0.3, 0.4) is 0 Å². The summed E-state index contributed by atoms with van der Waals surface area (Å²) >= 11 is 0. The first-order valence-corrected chi connectivity index (χ1v) is 7.03. The van der Waals surface area contributed by atoms with Crippen LogP contribution in [0.5, 0.6) is 0 Å². The maximum atomic E-state index is 12.8. The van der Waals surface area contributed by atoms with Crippen LogP contribution < -0.4 is 10.9 Å². The molecule has 0 atom stereocenters. The molecule has 0 saturated heterocycles. The summed E-state index contributed by atoms with van der Waals surface area (Å²) in [5.41, 5.74) is 0.828. The van der Waals surface area contributed by atoms with E-state index in [1.54, 1.807) is 4.57 Å². The molecular formula is C16H17N5O. The van der Waals surface area contributed by atoms with E-state index in [1.165, 1.54) is 12.4 Å². The Bertz CT molecular complexity index is 865. The van der Waals surface area contributed by atoms with Gasteiger partial charge in [0.2, 0.25) is 5.95 Å². The first kappa shape index (κ1) is 14.2. The Hall–Kier alpha value is -2.76. The van der Waals surface area contributed by atoms with Gasteiger partial charge >= 0.3 is 0 Å². The lowest BCUT2D eigenvalue weighted by atomic mass is 10.1. The molecule has 0 fully saturated rings. The number of benzene rings is 1. The molecule has 0 unspecified atom stereocenters. The third kappa shape index (κ3) is 2.55. The maximum absolute atomic E-state index is 12.8. The van der Waals surface area contributed by atoms with Crippen LogP contribution in [-0.2, 0) is 5.54 Å². The van der Waals surface area contributed by atoms with Gasteiger partial charge in [-0.3, -0.25) is 9.36 Å². The Morgan fingerprint density at radius 3 is 2.41 bits per heavy atom. The summed E-state index contributed by atoms with van der Waals surface area (Å²) in [6.45, 7) is 5.86. The van der Waals surface area contributed by atoms with E-state index in [0.29, 0.717) is 11.6 Å². The highest BCUT2D eigenvalue weighted by molar-refractivity contribution is 5.70. The molecule has 0 amide bonds. The predicted molar refractivity (Wildman–Crippen MR) is 86.3 cm³/mol. The van der Waals surface area contributed by atoms with E-state index in [1.807, 2.05) is 51.1 Å². The smallest absolute Gasteiger partial charge is 0.283 e. The van der Waals surface area contributed by atoms with Crippen LogP contribution in [-0.4, -0.2) is 19.5 Å². The van der Waals surface area contributed by atoms with E-state index in [2.05, 4.69) is 20.3 Å². The average molecular weight is 295 g/mol. The van der Waals surface area contributed by atoms with Gasteiger partial charge in [-0.15, -0.1) is 0 Å². The summed E-state index contributed by atoms with van der Waals surface area (Å²) < 4.78 is 1.61. The monoisotopic (exact) mass is 295 g/mol. The van der Waals surface area contributed by atoms with Crippen LogP contribution in [0.2, 0.25) is 0 Å². The summed E-state index contributed by atoms with van der Waals surface area (Å²) in [7, 11) is 0. The van der Waals surface area contributed by atoms with Crippen molar-refractivity contribution < 1.29 is 0 Å². The molecular weight excluding hydrogens is 278 g/mol. The molecule has 0 aliphatic rings. The van der Waals surface area contributed by atoms with Crippen LogP contribution in [0.25, 0.3) is 11.2 Å². The van der Waals surface area contributed by atoms with Crippen LogP contribution >= 0.6 is 0 Å². The molecule has 0 aliphatic carbocycles. The zero-order valence-electron chi connectivity index (χ0n) is 12.7. The van der Waals surface area contributed by atoms with Crippen molar-refractivity contribution in [2.75, 3.05) is 5.32 Å².